The van der Waals surface area contributed by atoms with Crippen molar-refractivity contribution in [3.05, 3.63) is 35.4 Å². The summed E-state index contributed by atoms with van der Waals surface area (Å²) in [6.45, 7) is 4.35. The first-order chi connectivity index (χ1) is 10.9. The minimum absolute atomic E-state index is 0.105. The number of hydrogen-bond acceptors (Lipinski definition) is 3. The molecule has 1 aromatic rings. The Labute approximate surface area is 138 Å². The summed E-state index contributed by atoms with van der Waals surface area (Å²) in [5.74, 6) is -0.244. The number of carbonyl (C=O) groups excluding carboxylic acids is 2. The highest BCUT2D eigenvalue weighted by Gasteiger charge is 2.47. The van der Waals surface area contributed by atoms with Gasteiger partial charge in [-0.25, -0.2) is 0 Å². The molecule has 1 aromatic carbocycles. The zero-order valence-electron chi connectivity index (χ0n) is 14.5. The highest BCUT2D eigenvalue weighted by molar-refractivity contribution is 5.93. The third-order valence-electron chi connectivity index (χ3n) is 4.65. The molecule has 0 bridgehead atoms. The Morgan fingerprint density at radius 3 is 2.65 bits per heavy atom. The zero-order chi connectivity index (χ0) is 17.0. The van der Waals surface area contributed by atoms with Crippen LogP contribution in [0.25, 0.3) is 0 Å². The maximum Gasteiger partial charge on any atom is 0.245 e. The van der Waals surface area contributed by atoms with Crippen LogP contribution in [0.2, 0.25) is 0 Å². The van der Waals surface area contributed by atoms with Crippen molar-refractivity contribution < 1.29 is 9.59 Å². The third kappa shape index (κ3) is 3.24. The minimum atomic E-state index is -0.699. The molecule has 1 aliphatic rings. The van der Waals surface area contributed by atoms with Crippen molar-refractivity contribution in [2.45, 2.75) is 44.7 Å². The normalized spacial score (nSPS) is 20.9. The van der Waals surface area contributed by atoms with Gasteiger partial charge in [0, 0.05) is 6.54 Å². The van der Waals surface area contributed by atoms with Crippen LogP contribution in [0.15, 0.2) is 24.3 Å². The fourth-order valence-electron chi connectivity index (χ4n) is 3.28. The molecule has 2 rings (SSSR count). The highest BCUT2D eigenvalue weighted by atomic mass is 16.2. The van der Waals surface area contributed by atoms with Gasteiger partial charge in [0.1, 0.15) is 11.6 Å². The van der Waals surface area contributed by atoms with Crippen molar-refractivity contribution in [2.24, 2.45) is 0 Å². The van der Waals surface area contributed by atoms with Crippen LogP contribution in [-0.4, -0.2) is 43.4 Å². The molecule has 0 aromatic heterocycles. The number of rotatable bonds is 6. The van der Waals surface area contributed by atoms with E-state index in [0.29, 0.717) is 6.54 Å². The summed E-state index contributed by atoms with van der Waals surface area (Å²) in [5, 5.41) is 5.72. The molecular weight excluding hydrogens is 290 g/mol. The fourth-order valence-corrected chi connectivity index (χ4v) is 3.28. The molecule has 2 atom stereocenters. The first-order valence-corrected chi connectivity index (χ1v) is 8.28. The molecule has 0 heterocycles. The van der Waals surface area contributed by atoms with E-state index in [4.69, 9.17) is 0 Å². The maximum atomic E-state index is 13.0. The minimum Gasteiger partial charge on any atom is -0.354 e. The molecule has 0 saturated heterocycles. The zero-order valence-corrected chi connectivity index (χ0v) is 14.5. The van der Waals surface area contributed by atoms with Gasteiger partial charge in [-0.3, -0.25) is 14.5 Å². The molecule has 126 valence electrons. The Kier molecular flexibility index (Phi) is 5.42. The lowest BCUT2D eigenvalue weighted by Gasteiger charge is -2.36. The average molecular weight is 317 g/mol. The van der Waals surface area contributed by atoms with Gasteiger partial charge in [0.2, 0.25) is 11.8 Å². The van der Waals surface area contributed by atoms with Crippen molar-refractivity contribution >= 4 is 11.8 Å². The molecule has 2 N–H and O–H groups in total. The number of nitrogens with one attached hydrogen (secondary N) is 2. The van der Waals surface area contributed by atoms with E-state index in [1.807, 2.05) is 44.1 Å². The molecule has 0 unspecified atom stereocenters. The number of likely N-dealkylation sites (N-methyl/N-ethyl adjacent to an activating group) is 1. The molecule has 2 amide bonds. The van der Waals surface area contributed by atoms with Crippen LogP contribution >= 0.6 is 0 Å². The van der Waals surface area contributed by atoms with E-state index in [9.17, 15) is 9.59 Å². The van der Waals surface area contributed by atoms with E-state index in [-0.39, 0.29) is 11.8 Å². The van der Waals surface area contributed by atoms with Gasteiger partial charge in [0.15, 0.2) is 0 Å². The lowest BCUT2D eigenvalue weighted by Crippen LogP contribution is -2.56. The number of amides is 2. The summed E-state index contributed by atoms with van der Waals surface area (Å²) in [4.78, 5) is 27.0. The van der Waals surface area contributed by atoms with E-state index >= 15 is 0 Å². The Hall–Kier alpha value is -1.88. The van der Waals surface area contributed by atoms with Crippen LogP contribution in [0, 0.1) is 0 Å². The summed E-state index contributed by atoms with van der Waals surface area (Å²) in [6.07, 6.45) is 2.48. The first kappa shape index (κ1) is 17.5. The van der Waals surface area contributed by atoms with Gasteiger partial charge in [0.05, 0.1) is 0 Å². The molecule has 0 saturated carbocycles. The van der Waals surface area contributed by atoms with Crippen LogP contribution in [0.3, 0.4) is 0 Å². The van der Waals surface area contributed by atoms with E-state index in [2.05, 4.69) is 16.7 Å². The van der Waals surface area contributed by atoms with Gasteiger partial charge in [-0.15, -0.1) is 0 Å². The topological polar surface area (TPSA) is 61.4 Å². The smallest absolute Gasteiger partial charge is 0.245 e. The van der Waals surface area contributed by atoms with Gasteiger partial charge in [-0.2, -0.15) is 0 Å². The molecule has 0 aliphatic heterocycles. The van der Waals surface area contributed by atoms with Crippen molar-refractivity contribution in [1.29, 1.82) is 0 Å². The van der Waals surface area contributed by atoms with E-state index < -0.39 is 11.6 Å². The lowest BCUT2D eigenvalue weighted by molar-refractivity contribution is -0.136. The Morgan fingerprint density at radius 2 is 2.00 bits per heavy atom. The predicted octanol–water partition coefficient (Wildman–Crippen LogP) is 1.42. The number of carbonyl (C=O) groups is 2. The van der Waals surface area contributed by atoms with Crippen molar-refractivity contribution in [3.63, 3.8) is 0 Å². The Bertz CT molecular complexity index is 585. The quantitative estimate of drug-likeness (QED) is 0.834. The molecule has 23 heavy (non-hydrogen) atoms. The number of benzene rings is 1. The van der Waals surface area contributed by atoms with Gasteiger partial charge >= 0.3 is 0 Å². The summed E-state index contributed by atoms with van der Waals surface area (Å²) in [6, 6.07) is 7.52. The maximum absolute atomic E-state index is 13.0. The average Bonchev–Trinajstić information content (AvgIpc) is 2.93. The van der Waals surface area contributed by atoms with Gasteiger partial charge < -0.3 is 10.6 Å². The Balaban J connectivity index is 2.20. The van der Waals surface area contributed by atoms with Gasteiger partial charge in [0.25, 0.3) is 0 Å². The lowest BCUT2D eigenvalue weighted by atomic mass is 9.89. The van der Waals surface area contributed by atoms with E-state index in [1.165, 1.54) is 5.56 Å². The van der Waals surface area contributed by atoms with Crippen LogP contribution in [0.4, 0.5) is 0 Å². The molecule has 0 spiro atoms. The summed E-state index contributed by atoms with van der Waals surface area (Å²) < 4.78 is 0. The van der Waals surface area contributed by atoms with E-state index in [0.717, 1.165) is 24.8 Å². The number of fused-ring (bicyclic) bond motifs is 1. The number of hydrogen-bond donors (Lipinski definition) is 2. The fraction of sp³-hybridized carbons (Fsp3) is 0.556. The van der Waals surface area contributed by atoms with Crippen molar-refractivity contribution in [3.8, 4) is 0 Å². The van der Waals surface area contributed by atoms with Crippen LogP contribution < -0.4 is 10.6 Å². The monoisotopic (exact) mass is 317 g/mol. The largest absolute Gasteiger partial charge is 0.354 e. The van der Waals surface area contributed by atoms with Gasteiger partial charge in [-0.05, 0) is 51.4 Å². The highest BCUT2D eigenvalue weighted by Crippen LogP contribution is 2.40. The molecular formula is C18H27N3O2. The molecule has 0 radical (unpaired) electrons. The SMILES string of the molecule is CCCNC(=O)[C@H](C)NC(=O)[C@@]1(N(C)C)CCc2ccccc21. The molecule has 1 aliphatic carbocycles. The second-order valence-corrected chi connectivity index (χ2v) is 6.40. The molecule has 0 fully saturated rings. The van der Waals surface area contributed by atoms with Crippen LogP contribution in [0.5, 0.6) is 0 Å². The van der Waals surface area contributed by atoms with Crippen LogP contribution in [0.1, 0.15) is 37.8 Å². The second kappa shape index (κ2) is 7.13. The standard InChI is InChI=1S/C18H27N3O2/c1-5-12-19-16(22)13(2)20-17(23)18(21(3)4)11-10-14-8-6-7-9-15(14)18/h6-9,13H,5,10-12H2,1-4H3,(H,19,22)(H,20,23)/t13-,18+/m0/s1. The molecule has 5 nitrogen and oxygen atoms in total. The number of aryl methyl sites for hydroxylation is 1. The summed E-state index contributed by atoms with van der Waals surface area (Å²) >= 11 is 0. The summed E-state index contributed by atoms with van der Waals surface area (Å²) in [5.41, 5.74) is 1.55. The number of nitrogens with zero attached hydrogens (tertiary/aromatic N) is 1. The summed E-state index contributed by atoms with van der Waals surface area (Å²) in [7, 11) is 3.84. The second-order valence-electron chi connectivity index (χ2n) is 6.40. The Morgan fingerprint density at radius 1 is 1.30 bits per heavy atom. The predicted molar refractivity (Wildman–Crippen MR) is 91.0 cm³/mol. The van der Waals surface area contributed by atoms with Crippen molar-refractivity contribution in [2.75, 3.05) is 20.6 Å². The van der Waals surface area contributed by atoms with E-state index in [1.54, 1.807) is 6.92 Å². The molecule has 5 heteroatoms. The van der Waals surface area contributed by atoms with Crippen molar-refractivity contribution in [1.82, 2.24) is 15.5 Å². The first-order valence-electron chi connectivity index (χ1n) is 8.28. The van der Waals surface area contributed by atoms with Crippen LogP contribution in [-0.2, 0) is 21.5 Å². The van der Waals surface area contributed by atoms with Gasteiger partial charge in [-0.1, -0.05) is 31.2 Å². The third-order valence-corrected chi connectivity index (χ3v) is 4.65.